The van der Waals surface area contributed by atoms with Crippen LogP contribution in [0.25, 0.3) is 10.8 Å². The van der Waals surface area contributed by atoms with Crippen molar-refractivity contribution in [2.75, 3.05) is 6.61 Å². The second kappa shape index (κ2) is 6.32. The Morgan fingerprint density at radius 2 is 2.14 bits per heavy atom. The summed E-state index contributed by atoms with van der Waals surface area (Å²) in [6, 6.07) is 11.6. The van der Waals surface area contributed by atoms with Gasteiger partial charge in [-0.1, -0.05) is 24.3 Å². The quantitative estimate of drug-likeness (QED) is 0.785. The molecule has 1 N–H and O–H groups in total. The van der Waals surface area contributed by atoms with E-state index in [0.29, 0.717) is 12.4 Å². The standard InChI is InChI=1S/C15H13N3O2S/c19-14(16-9-12-5-3-7-21-12)10-20-15-13-6-2-1-4-11(13)8-17-18-15/h1-8H,9-10H2,(H,16,19). The average Bonchev–Trinajstić information content (AvgIpc) is 3.04. The van der Waals surface area contributed by atoms with Crippen LogP contribution in [0.4, 0.5) is 0 Å². The van der Waals surface area contributed by atoms with Crippen LogP contribution < -0.4 is 10.1 Å². The van der Waals surface area contributed by atoms with E-state index in [0.717, 1.165) is 15.6 Å². The highest BCUT2D eigenvalue weighted by Crippen LogP contribution is 2.20. The number of benzene rings is 1. The number of hydrogen-bond donors (Lipinski definition) is 1. The van der Waals surface area contributed by atoms with Crippen LogP contribution in [0.3, 0.4) is 0 Å². The summed E-state index contributed by atoms with van der Waals surface area (Å²) in [6.07, 6.45) is 1.67. The second-order valence-corrected chi connectivity index (χ2v) is 5.41. The van der Waals surface area contributed by atoms with Gasteiger partial charge in [0.25, 0.3) is 5.91 Å². The van der Waals surface area contributed by atoms with E-state index in [1.165, 1.54) is 0 Å². The summed E-state index contributed by atoms with van der Waals surface area (Å²) in [5.41, 5.74) is 0. The van der Waals surface area contributed by atoms with E-state index in [1.807, 2.05) is 41.8 Å². The van der Waals surface area contributed by atoms with Crippen LogP contribution in [0.1, 0.15) is 4.88 Å². The molecule has 0 fully saturated rings. The monoisotopic (exact) mass is 299 g/mol. The van der Waals surface area contributed by atoms with Crippen molar-refractivity contribution in [1.29, 1.82) is 0 Å². The first kappa shape index (κ1) is 13.5. The SMILES string of the molecule is O=C(COc1nncc2ccccc12)NCc1cccs1. The van der Waals surface area contributed by atoms with E-state index in [4.69, 9.17) is 4.74 Å². The van der Waals surface area contributed by atoms with Crippen LogP contribution in [0.15, 0.2) is 48.0 Å². The Bertz CT molecular complexity index is 738. The molecule has 0 saturated carbocycles. The van der Waals surface area contributed by atoms with Crippen molar-refractivity contribution in [2.45, 2.75) is 6.54 Å². The van der Waals surface area contributed by atoms with Gasteiger partial charge in [0.05, 0.1) is 12.7 Å². The van der Waals surface area contributed by atoms with Gasteiger partial charge in [-0.25, -0.2) is 0 Å². The molecule has 106 valence electrons. The molecule has 0 aliphatic carbocycles. The van der Waals surface area contributed by atoms with E-state index >= 15 is 0 Å². The Morgan fingerprint density at radius 3 is 3.00 bits per heavy atom. The second-order valence-electron chi connectivity index (χ2n) is 4.38. The fourth-order valence-corrected chi connectivity index (χ4v) is 2.54. The molecule has 0 radical (unpaired) electrons. The number of rotatable bonds is 5. The van der Waals surface area contributed by atoms with E-state index < -0.39 is 0 Å². The van der Waals surface area contributed by atoms with Gasteiger partial charge in [-0.2, -0.15) is 5.10 Å². The topological polar surface area (TPSA) is 64.1 Å². The van der Waals surface area contributed by atoms with Gasteiger partial charge >= 0.3 is 0 Å². The van der Waals surface area contributed by atoms with Crippen molar-refractivity contribution in [3.05, 3.63) is 52.9 Å². The van der Waals surface area contributed by atoms with Gasteiger partial charge in [0.15, 0.2) is 6.61 Å². The molecule has 0 spiro atoms. The first-order valence-electron chi connectivity index (χ1n) is 6.45. The fraction of sp³-hybridized carbons (Fsp3) is 0.133. The maximum absolute atomic E-state index is 11.8. The minimum atomic E-state index is -0.182. The van der Waals surface area contributed by atoms with E-state index in [1.54, 1.807) is 17.5 Å². The van der Waals surface area contributed by atoms with Gasteiger partial charge in [-0.15, -0.1) is 16.4 Å². The molecular formula is C15H13N3O2S. The minimum absolute atomic E-state index is 0.0753. The van der Waals surface area contributed by atoms with Crippen molar-refractivity contribution in [3.63, 3.8) is 0 Å². The third-order valence-corrected chi connectivity index (χ3v) is 3.79. The van der Waals surface area contributed by atoms with Crippen LogP contribution >= 0.6 is 11.3 Å². The normalized spacial score (nSPS) is 10.5. The first-order chi connectivity index (χ1) is 10.3. The highest BCUT2D eigenvalue weighted by atomic mass is 32.1. The Labute approximate surface area is 125 Å². The molecule has 0 aliphatic heterocycles. The predicted octanol–water partition coefficient (Wildman–Crippen LogP) is 2.39. The zero-order chi connectivity index (χ0) is 14.5. The lowest BCUT2D eigenvalue weighted by atomic mass is 10.2. The van der Waals surface area contributed by atoms with Gasteiger partial charge in [0.2, 0.25) is 5.88 Å². The summed E-state index contributed by atoms with van der Waals surface area (Å²) in [6.45, 7) is 0.440. The van der Waals surface area contributed by atoms with Crippen molar-refractivity contribution < 1.29 is 9.53 Å². The Morgan fingerprint density at radius 1 is 1.24 bits per heavy atom. The summed E-state index contributed by atoms with van der Waals surface area (Å²) in [7, 11) is 0. The van der Waals surface area contributed by atoms with Crippen LogP contribution in [0.2, 0.25) is 0 Å². The Hall–Kier alpha value is -2.47. The average molecular weight is 299 g/mol. The number of hydrogen-bond acceptors (Lipinski definition) is 5. The molecule has 3 rings (SSSR count). The smallest absolute Gasteiger partial charge is 0.258 e. The molecule has 0 saturated heterocycles. The van der Waals surface area contributed by atoms with Crippen molar-refractivity contribution >= 4 is 28.0 Å². The van der Waals surface area contributed by atoms with E-state index in [-0.39, 0.29) is 12.5 Å². The molecule has 21 heavy (non-hydrogen) atoms. The molecule has 1 aromatic carbocycles. The number of aromatic nitrogens is 2. The number of nitrogens with zero attached hydrogens (tertiary/aromatic N) is 2. The van der Waals surface area contributed by atoms with E-state index in [9.17, 15) is 4.79 Å². The maximum Gasteiger partial charge on any atom is 0.258 e. The highest BCUT2D eigenvalue weighted by Gasteiger charge is 2.07. The number of fused-ring (bicyclic) bond motifs is 1. The number of ether oxygens (including phenoxy) is 1. The zero-order valence-corrected chi connectivity index (χ0v) is 12.0. The predicted molar refractivity (Wildman–Crippen MR) is 81.2 cm³/mol. The maximum atomic E-state index is 11.8. The Kier molecular flexibility index (Phi) is 4.07. The summed E-state index contributed by atoms with van der Waals surface area (Å²) in [5.74, 6) is 0.192. The molecule has 6 heteroatoms. The highest BCUT2D eigenvalue weighted by molar-refractivity contribution is 7.09. The summed E-state index contributed by atoms with van der Waals surface area (Å²) < 4.78 is 5.47. The summed E-state index contributed by atoms with van der Waals surface area (Å²) in [5, 5.41) is 14.4. The van der Waals surface area contributed by atoms with Crippen molar-refractivity contribution in [2.24, 2.45) is 0 Å². The van der Waals surface area contributed by atoms with Crippen LogP contribution in [0, 0.1) is 0 Å². The minimum Gasteiger partial charge on any atom is -0.466 e. The Balaban J connectivity index is 1.60. The molecular weight excluding hydrogens is 286 g/mol. The molecule has 0 atom stereocenters. The fourth-order valence-electron chi connectivity index (χ4n) is 1.89. The molecule has 2 aromatic heterocycles. The van der Waals surface area contributed by atoms with Crippen molar-refractivity contribution in [3.8, 4) is 5.88 Å². The lowest BCUT2D eigenvalue weighted by molar-refractivity contribution is -0.123. The number of amides is 1. The van der Waals surface area contributed by atoms with Gasteiger partial charge in [-0.3, -0.25) is 4.79 Å². The van der Waals surface area contributed by atoms with Gasteiger partial charge < -0.3 is 10.1 Å². The van der Waals surface area contributed by atoms with Crippen molar-refractivity contribution in [1.82, 2.24) is 15.5 Å². The third-order valence-electron chi connectivity index (χ3n) is 2.92. The number of carbonyl (C=O) groups is 1. The molecule has 2 heterocycles. The van der Waals surface area contributed by atoms with Crippen LogP contribution in [-0.4, -0.2) is 22.7 Å². The number of thiophene rings is 1. The summed E-state index contributed by atoms with van der Waals surface area (Å²) >= 11 is 1.60. The zero-order valence-electron chi connectivity index (χ0n) is 11.2. The van der Waals surface area contributed by atoms with Crippen LogP contribution in [0.5, 0.6) is 5.88 Å². The van der Waals surface area contributed by atoms with Gasteiger partial charge in [-0.05, 0) is 17.5 Å². The number of nitrogens with one attached hydrogen (secondary N) is 1. The lowest BCUT2D eigenvalue weighted by Gasteiger charge is -2.07. The molecule has 0 unspecified atom stereocenters. The molecule has 3 aromatic rings. The van der Waals surface area contributed by atoms with E-state index in [2.05, 4.69) is 15.5 Å². The largest absolute Gasteiger partial charge is 0.466 e. The molecule has 0 aliphatic rings. The van der Waals surface area contributed by atoms with Crippen LogP contribution in [-0.2, 0) is 11.3 Å². The number of carbonyl (C=O) groups excluding carboxylic acids is 1. The summed E-state index contributed by atoms with van der Waals surface area (Å²) in [4.78, 5) is 12.9. The molecule has 0 bridgehead atoms. The molecule has 1 amide bonds. The van der Waals surface area contributed by atoms with Gasteiger partial charge in [0, 0.05) is 15.6 Å². The first-order valence-corrected chi connectivity index (χ1v) is 7.33. The van der Waals surface area contributed by atoms with Gasteiger partial charge in [0.1, 0.15) is 0 Å². The third kappa shape index (κ3) is 3.35. The lowest BCUT2D eigenvalue weighted by Crippen LogP contribution is -2.28. The molecule has 5 nitrogen and oxygen atoms in total.